The van der Waals surface area contributed by atoms with Gasteiger partial charge in [0.2, 0.25) is 59.1 Å². The van der Waals surface area contributed by atoms with Gasteiger partial charge < -0.3 is 66.4 Å². The van der Waals surface area contributed by atoms with Crippen LogP contribution in [0.4, 0.5) is 0 Å². The monoisotopic (exact) mass is 1320 g/mol. The highest BCUT2D eigenvalue weighted by Gasteiger charge is 2.46. The molecule has 4 fully saturated rings. The van der Waals surface area contributed by atoms with Gasteiger partial charge in [0, 0.05) is 60.2 Å². The normalized spacial score (nSPS) is 26.9. The van der Waals surface area contributed by atoms with Gasteiger partial charge in [0.1, 0.15) is 54.4 Å². The van der Waals surface area contributed by atoms with Crippen LogP contribution in [0.25, 0.3) is 0 Å². The second-order valence-corrected chi connectivity index (χ2v) is 27.7. The molecule has 7 N–H and O–H groups in total. The molecular formula is C70H106N12O13. The van der Waals surface area contributed by atoms with Gasteiger partial charge in [0.15, 0.2) is 6.04 Å². The minimum Gasteiger partial charge on any atom is -0.391 e. The zero-order chi connectivity index (χ0) is 70.0. The van der Waals surface area contributed by atoms with E-state index in [1.807, 2.05) is 48.5 Å². The van der Waals surface area contributed by atoms with Gasteiger partial charge in [0.05, 0.1) is 12.6 Å². The summed E-state index contributed by atoms with van der Waals surface area (Å²) in [5, 5.41) is 28.1. The van der Waals surface area contributed by atoms with Crippen molar-refractivity contribution in [3.05, 3.63) is 71.8 Å². The third-order valence-corrected chi connectivity index (χ3v) is 18.9. The average Bonchev–Trinajstić information content (AvgIpc) is 1.71. The molecule has 0 aliphatic carbocycles. The molecule has 12 amide bonds. The predicted molar refractivity (Wildman–Crippen MR) is 357 cm³/mol. The van der Waals surface area contributed by atoms with Crippen molar-refractivity contribution in [2.24, 2.45) is 23.7 Å². The smallest absolute Gasteiger partial charge is 0.255 e. The molecule has 0 spiro atoms. The molecule has 0 bridgehead atoms. The molecule has 25 nitrogen and oxygen atoms in total. The second kappa shape index (κ2) is 35.7. The fourth-order valence-electron chi connectivity index (χ4n) is 13.3. The van der Waals surface area contributed by atoms with Crippen molar-refractivity contribution in [1.29, 1.82) is 0 Å². The number of carbonyl (C=O) groups excluding carboxylic acids is 12. The molecule has 12 atom stereocenters. The number of hydrogen-bond acceptors (Lipinski definition) is 13. The van der Waals surface area contributed by atoms with Crippen LogP contribution in [-0.2, 0) is 70.4 Å². The van der Waals surface area contributed by atoms with Crippen molar-refractivity contribution in [3.8, 4) is 0 Å². The average molecular weight is 1320 g/mol. The first-order chi connectivity index (χ1) is 45.0. The first kappa shape index (κ1) is 76.1. The maximum atomic E-state index is 15.5. The highest BCUT2D eigenvalue weighted by Crippen LogP contribution is 2.26. The maximum absolute atomic E-state index is 15.5. The largest absolute Gasteiger partial charge is 0.391 e. The molecule has 0 saturated carbocycles. The summed E-state index contributed by atoms with van der Waals surface area (Å²) in [4.78, 5) is 187. The molecule has 0 radical (unpaired) electrons. The maximum Gasteiger partial charge on any atom is 0.255 e. The molecule has 4 aliphatic rings. The van der Waals surface area contributed by atoms with Gasteiger partial charge in [-0.05, 0) is 112 Å². The van der Waals surface area contributed by atoms with E-state index in [-0.39, 0.29) is 88.9 Å². The van der Waals surface area contributed by atoms with E-state index in [1.54, 1.807) is 67.6 Å². The second-order valence-electron chi connectivity index (χ2n) is 27.7. The van der Waals surface area contributed by atoms with Crippen molar-refractivity contribution in [1.82, 2.24) is 61.3 Å². The Hall–Kier alpha value is -7.96. The number of likely N-dealkylation sites (N-methyl/N-ethyl adjacent to an activating group) is 3. The standard InChI is InChI=1S/C70H106N12O13/c1-13-45(8)59-65(90)71-41-56(84)77(10)54(37-43(4)5)64(89)75-57(46(9)83)69(94)82-35-25-31-53(82)61(86)72-49(39-47-26-17-14-18-27-47)60(85)76-58(68(93)80-32-22-16-23-33-80)70(95)81-34-24-21-30-52(81)62(87)74-51(40-48-28-19-15-20-29-48)66(91)78(11)55(38-44(6)7)63(88)73-50(36-42(2)3)67(92)79(59)12/h14-15,17-20,26-29,42-46,49-55,57-59,83H,13,16,21-25,30-41H2,1-12H3,(H,71,90)(H,72,86)(H,73,88)(H,74,87)(H,75,89)(H,76,85)/t45-,46+,49?,50-,51-,52-,53-,54-,55-,57-,58+,59-/m0/s1. The van der Waals surface area contributed by atoms with Gasteiger partial charge in [-0.2, -0.15) is 0 Å². The van der Waals surface area contributed by atoms with E-state index in [4.69, 9.17) is 0 Å². The number of amides is 12. The molecule has 4 aliphatic heterocycles. The topological polar surface area (TPSA) is 317 Å². The summed E-state index contributed by atoms with van der Waals surface area (Å²) in [5.74, 6) is -9.98. The van der Waals surface area contributed by atoms with E-state index in [2.05, 4.69) is 31.9 Å². The van der Waals surface area contributed by atoms with Gasteiger partial charge in [0.25, 0.3) is 11.8 Å². The summed E-state index contributed by atoms with van der Waals surface area (Å²) in [7, 11) is 4.28. The molecule has 95 heavy (non-hydrogen) atoms. The van der Waals surface area contributed by atoms with Gasteiger partial charge >= 0.3 is 0 Å². The zero-order valence-electron chi connectivity index (χ0n) is 57.9. The van der Waals surface area contributed by atoms with Crippen LogP contribution in [0.3, 0.4) is 0 Å². The number of aliphatic hydroxyl groups excluding tert-OH is 1. The molecule has 2 aromatic rings. The van der Waals surface area contributed by atoms with E-state index in [1.165, 1.54) is 52.6 Å². The first-order valence-electron chi connectivity index (χ1n) is 34.3. The van der Waals surface area contributed by atoms with Crippen molar-refractivity contribution in [3.63, 3.8) is 0 Å². The Morgan fingerprint density at radius 3 is 1.51 bits per heavy atom. The Morgan fingerprint density at radius 2 is 0.958 bits per heavy atom. The van der Waals surface area contributed by atoms with Crippen molar-refractivity contribution >= 4 is 70.9 Å². The number of hydrogen-bond donors (Lipinski definition) is 7. The zero-order valence-corrected chi connectivity index (χ0v) is 57.9. The van der Waals surface area contributed by atoms with Gasteiger partial charge in [-0.3, -0.25) is 57.5 Å². The number of nitrogens with one attached hydrogen (secondary N) is 6. The predicted octanol–water partition coefficient (Wildman–Crippen LogP) is 2.46. The van der Waals surface area contributed by atoms with E-state index in [0.29, 0.717) is 49.7 Å². The van der Waals surface area contributed by atoms with E-state index < -0.39 is 150 Å². The van der Waals surface area contributed by atoms with Crippen LogP contribution in [0.2, 0.25) is 0 Å². The third kappa shape index (κ3) is 20.5. The summed E-state index contributed by atoms with van der Waals surface area (Å²) in [6, 6.07) is 4.05. The van der Waals surface area contributed by atoms with Gasteiger partial charge in [-0.15, -0.1) is 0 Å². The minimum atomic E-state index is -1.89. The molecule has 524 valence electrons. The lowest BCUT2D eigenvalue weighted by Gasteiger charge is -2.39. The van der Waals surface area contributed by atoms with E-state index in [0.717, 1.165) is 11.3 Å². The number of carbonyl (C=O) groups is 12. The highest BCUT2D eigenvalue weighted by atomic mass is 16.3. The lowest BCUT2D eigenvalue weighted by atomic mass is 9.94. The molecular weight excluding hydrogens is 1220 g/mol. The molecule has 0 aromatic heterocycles. The lowest BCUT2D eigenvalue weighted by Crippen LogP contribution is -2.65. The van der Waals surface area contributed by atoms with E-state index in [9.17, 15) is 38.7 Å². The number of rotatable bonds is 14. The van der Waals surface area contributed by atoms with Crippen molar-refractivity contribution in [2.45, 2.75) is 219 Å². The summed E-state index contributed by atoms with van der Waals surface area (Å²) < 4.78 is 0. The fourth-order valence-corrected chi connectivity index (χ4v) is 13.3. The molecule has 6 rings (SSSR count). The Bertz CT molecular complexity index is 3000. The molecule has 4 heterocycles. The summed E-state index contributed by atoms with van der Waals surface area (Å²) in [5.41, 5.74) is 1.25. The van der Waals surface area contributed by atoms with Gasteiger partial charge in [-0.25, -0.2) is 0 Å². The molecule has 4 saturated heterocycles. The van der Waals surface area contributed by atoms with Crippen LogP contribution in [-0.4, -0.2) is 226 Å². The minimum absolute atomic E-state index is 0.00449. The number of nitrogens with zero attached hydrogens (tertiary/aromatic N) is 6. The van der Waals surface area contributed by atoms with Crippen molar-refractivity contribution < 1.29 is 62.6 Å². The van der Waals surface area contributed by atoms with E-state index >= 15 is 24.0 Å². The third-order valence-electron chi connectivity index (χ3n) is 18.9. The Morgan fingerprint density at radius 1 is 0.484 bits per heavy atom. The van der Waals surface area contributed by atoms with Crippen LogP contribution in [0.1, 0.15) is 150 Å². The molecule has 25 heteroatoms. The quantitative estimate of drug-likeness (QED) is 0.134. The summed E-state index contributed by atoms with van der Waals surface area (Å²) in [6.07, 6.45) is 2.58. The number of piperidine rings is 2. The molecule has 2 aromatic carbocycles. The highest BCUT2D eigenvalue weighted by molar-refractivity contribution is 6.09. The number of fused-ring (bicyclic) bond motifs is 2. The summed E-state index contributed by atoms with van der Waals surface area (Å²) >= 11 is 0. The SMILES string of the molecule is CC[C@H](C)[C@H]1C(=O)NCC(=O)N(C)[C@@H](CC(C)C)C(=O)N[C@@H]([C@@H](C)O)C(=O)N2CCC[C@H]2C(=O)NC(Cc2ccccc2)C(=O)N[C@H](C(=O)N2CCCCC2)C(=O)N2CCCC[C@H]2C(=O)N[C@@H](Cc2ccccc2)C(=O)N(C)[C@@H](CC(C)C)C(=O)N[C@@H](CC(C)C)C(=O)N1C. The number of aliphatic hydroxyl groups is 1. The Kier molecular flexibility index (Phi) is 28.6. The van der Waals surface area contributed by atoms with Crippen LogP contribution in [0.5, 0.6) is 0 Å². The first-order valence-corrected chi connectivity index (χ1v) is 34.3. The van der Waals surface area contributed by atoms with Crippen LogP contribution >= 0.6 is 0 Å². The Balaban J connectivity index is 1.47. The van der Waals surface area contributed by atoms with Crippen LogP contribution in [0, 0.1) is 23.7 Å². The lowest BCUT2D eigenvalue weighted by molar-refractivity contribution is -0.152. The summed E-state index contributed by atoms with van der Waals surface area (Å²) in [6.45, 7) is 16.0. The van der Waals surface area contributed by atoms with Crippen LogP contribution in [0.15, 0.2) is 60.7 Å². The van der Waals surface area contributed by atoms with Gasteiger partial charge in [-0.1, -0.05) is 122 Å². The molecule has 1 unspecified atom stereocenters. The Labute approximate surface area is 560 Å². The number of likely N-dealkylation sites (tertiary alicyclic amines) is 1. The number of benzene rings is 2. The van der Waals surface area contributed by atoms with Crippen molar-refractivity contribution in [2.75, 3.05) is 53.9 Å². The fraction of sp³-hybridized carbons (Fsp3) is 0.657. The van der Waals surface area contributed by atoms with Crippen LogP contribution < -0.4 is 31.9 Å².